The van der Waals surface area contributed by atoms with Crippen LogP contribution in [0.2, 0.25) is 0 Å². The first-order valence-corrected chi connectivity index (χ1v) is 11.5. The first-order chi connectivity index (χ1) is 16.6. The van der Waals surface area contributed by atoms with Gasteiger partial charge >= 0.3 is 0 Å². The van der Waals surface area contributed by atoms with Crippen molar-refractivity contribution >= 4 is 22.6 Å². The van der Waals surface area contributed by atoms with Crippen LogP contribution >= 0.6 is 0 Å². The zero-order chi connectivity index (χ0) is 23.2. The molecule has 0 bridgehead atoms. The molecule has 1 amide bonds. The van der Waals surface area contributed by atoms with Crippen molar-refractivity contribution in [3.63, 3.8) is 0 Å². The SMILES string of the molecule is COc1c(-c2nn(C)c3cnc(NC(=O)C4CC4)cc23)cnn1-c1cnn([C@@H]2CCCOC2)c1. The van der Waals surface area contributed by atoms with Gasteiger partial charge in [0.15, 0.2) is 0 Å². The van der Waals surface area contributed by atoms with Crippen molar-refractivity contribution in [3.05, 3.63) is 30.9 Å². The number of pyridine rings is 1. The molecule has 34 heavy (non-hydrogen) atoms. The Morgan fingerprint density at radius 1 is 1.21 bits per heavy atom. The van der Waals surface area contributed by atoms with Gasteiger partial charge in [-0.1, -0.05) is 0 Å². The van der Waals surface area contributed by atoms with E-state index in [0.717, 1.165) is 54.4 Å². The van der Waals surface area contributed by atoms with Crippen LogP contribution < -0.4 is 10.1 Å². The number of anilines is 1. The van der Waals surface area contributed by atoms with Crippen LogP contribution in [0.25, 0.3) is 27.8 Å². The van der Waals surface area contributed by atoms with Gasteiger partial charge in [0.2, 0.25) is 11.8 Å². The minimum atomic E-state index is 0.0167. The smallest absolute Gasteiger partial charge is 0.228 e. The Balaban J connectivity index is 1.37. The molecule has 1 aliphatic heterocycles. The van der Waals surface area contributed by atoms with Gasteiger partial charge in [0.05, 0.1) is 55.6 Å². The van der Waals surface area contributed by atoms with Crippen molar-refractivity contribution in [1.82, 2.24) is 34.3 Å². The number of amides is 1. The van der Waals surface area contributed by atoms with Gasteiger partial charge in [0.1, 0.15) is 17.2 Å². The second-order valence-corrected chi connectivity index (χ2v) is 8.85. The Morgan fingerprint density at radius 3 is 2.85 bits per heavy atom. The maximum Gasteiger partial charge on any atom is 0.228 e. The van der Waals surface area contributed by atoms with Gasteiger partial charge in [-0.3, -0.25) is 14.2 Å². The lowest BCUT2D eigenvalue weighted by Gasteiger charge is -2.22. The Kier molecular flexibility index (Phi) is 5.05. The number of hydrogen-bond acceptors (Lipinski definition) is 7. The average molecular weight is 463 g/mol. The zero-order valence-corrected chi connectivity index (χ0v) is 19.1. The van der Waals surface area contributed by atoms with Gasteiger partial charge in [-0.2, -0.15) is 20.0 Å². The van der Waals surface area contributed by atoms with E-state index in [2.05, 4.69) is 20.5 Å². The average Bonchev–Trinajstić information content (AvgIpc) is 3.31. The van der Waals surface area contributed by atoms with Crippen LogP contribution in [0.5, 0.6) is 5.88 Å². The quantitative estimate of drug-likeness (QED) is 0.469. The van der Waals surface area contributed by atoms with Crippen molar-refractivity contribution in [2.45, 2.75) is 31.7 Å². The van der Waals surface area contributed by atoms with Crippen molar-refractivity contribution in [1.29, 1.82) is 0 Å². The summed E-state index contributed by atoms with van der Waals surface area (Å²) in [6.45, 7) is 1.47. The van der Waals surface area contributed by atoms with E-state index < -0.39 is 0 Å². The predicted molar refractivity (Wildman–Crippen MR) is 124 cm³/mol. The van der Waals surface area contributed by atoms with E-state index >= 15 is 0 Å². The number of hydrogen-bond donors (Lipinski definition) is 1. The third kappa shape index (κ3) is 3.61. The van der Waals surface area contributed by atoms with Crippen LogP contribution in [0, 0.1) is 5.92 Å². The summed E-state index contributed by atoms with van der Waals surface area (Å²) in [5.74, 6) is 1.19. The summed E-state index contributed by atoms with van der Waals surface area (Å²) in [4.78, 5) is 16.6. The molecule has 1 saturated heterocycles. The number of nitrogens with zero attached hydrogens (tertiary/aromatic N) is 7. The summed E-state index contributed by atoms with van der Waals surface area (Å²) in [5.41, 5.74) is 3.10. The maximum atomic E-state index is 12.2. The predicted octanol–water partition coefficient (Wildman–Crippen LogP) is 2.73. The molecule has 6 rings (SSSR count). The molecule has 4 aromatic rings. The fourth-order valence-electron chi connectivity index (χ4n) is 4.44. The van der Waals surface area contributed by atoms with Crippen molar-refractivity contribution in [2.75, 3.05) is 25.6 Å². The molecule has 1 saturated carbocycles. The van der Waals surface area contributed by atoms with Gasteiger partial charge < -0.3 is 14.8 Å². The van der Waals surface area contributed by atoms with Gasteiger partial charge in [-0.15, -0.1) is 0 Å². The molecule has 0 radical (unpaired) electrons. The highest BCUT2D eigenvalue weighted by Crippen LogP contribution is 2.36. The lowest BCUT2D eigenvalue weighted by Crippen LogP contribution is -2.21. The molecule has 1 atom stereocenters. The number of nitrogens with one attached hydrogen (secondary N) is 1. The molecule has 2 fully saturated rings. The monoisotopic (exact) mass is 462 g/mol. The molecule has 0 aromatic carbocycles. The van der Waals surface area contributed by atoms with Crippen molar-refractivity contribution in [2.24, 2.45) is 13.0 Å². The van der Waals surface area contributed by atoms with Crippen molar-refractivity contribution in [3.8, 4) is 22.8 Å². The molecule has 4 aromatic heterocycles. The van der Waals surface area contributed by atoms with E-state index in [1.807, 2.05) is 24.0 Å². The van der Waals surface area contributed by atoms with Crippen LogP contribution in [0.3, 0.4) is 0 Å². The van der Waals surface area contributed by atoms with Crippen LogP contribution in [-0.4, -0.2) is 60.6 Å². The fourth-order valence-corrected chi connectivity index (χ4v) is 4.44. The lowest BCUT2D eigenvalue weighted by atomic mass is 10.1. The first-order valence-electron chi connectivity index (χ1n) is 11.5. The highest BCUT2D eigenvalue weighted by Gasteiger charge is 2.30. The third-order valence-electron chi connectivity index (χ3n) is 6.45. The van der Waals surface area contributed by atoms with E-state index in [0.29, 0.717) is 24.0 Å². The number of methoxy groups -OCH3 is 1. The fraction of sp³-hybridized carbons (Fsp3) is 0.435. The number of aryl methyl sites for hydroxylation is 1. The molecule has 11 heteroatoms. The molecule has 0 spiro atoms. The molecule has 176 valence electrons. The minimum Gasteiger partial charge on any atom is -0.480 e. The zero-order valence-electron chi connectivity index (χ0n) is 19.1. The largest absolute Gasteiger partial charge is 0.480 e. The Labute approximate surface area is 195 Å². The van der Waals surface area contributed by atoms with Crippen LogP contribution in [0.4, 0.5) is 5.82 Å². The molecule has 11 nitrogen and oxygen atoms in total. The van der Waals surface area contributed by atoms with E-state index in [4.69, 9.17) is 14.6 Å². The molecule has 5 heterocycles. The van der Waals surface area contributed by atoms with Gasteiger partial charge in [-0.25, -0.2) is 4.98 Å². The lowest BCUT2D eigenvalue weighted by molar-refractivity contribution is -0.117. The van der Waals surface area contributed by atoms with Crippen LogP contribution in [0.1, 0.15) is 31.7 Å². The first kappa shape index (κ1) is 20.8. The molecular formula is C23H26N8O3. The molecule has 1 aliphatic carbocycles. The van der Waals surface area contributed by atoms with Gasteiger partial charge in [-0.05, 0) is 31.7 Å². The number of rotatable bonds is 6. The minimum absolute atomic E-state index is 0.0167. The second kappa shape index (κ2) is 8.24. The van der Waals surface area contributed by atoms with E-state index in [9.17, 15) is 4.79 Å². The Bertz CT molecular complexity index is 1360. The summed E-state index contributed by atoms with van der Waals surface area (Å²) in [7, 11) is 3.48. The number of carbonyl (C=O) groups is 1. The van der Waals surface area contributed by atoms with Gasteiger partial charge in [0.25, 0.3) is 0 Å². The molecule has 0 unspecified atom stereocenters. The van der Waals surface area contributed by atoms with E-state index in [1.54, 1.807) is 35.1 Å². The number of fused-ring (bicyclic) bond motifs is 1. The van der Waals surface area contributed by atoms with Crippen LogP contribution in [-0.2, 0) is 16.6 Å². The standard InChI is InChI=1S/C23H26N8O3/c1-29-19-11-24-20(27-22(32)14-5-6-14)8-17(19)21(28-29)18-10-26-31(23(18)33-2)16-9-25-30(12-16)15-4-3-7-34-13-15/h8-12,14-15H,3-7,13H2,1-2H3,(H,24,27,32)/t15-/m1/s1. The number of ether oxygens (including phenoxy) is 2. The number of aromatic nitrogens is 7. The molecular weight excluding hydrogens is 436 g/mol. The molecule has 2 aliphatic rings. The van der Waals surface area contributed by atoms with Crippen molar-refractivity contribution < 1.29 is 14.3 Å². The second-order valence-electron chi connectivity index (χ2n) is 8.85. The Morgan fingerprint density at radius 2 is 2.09 bits per heavy atom. The Hall–Kier alpha value is -3.73. The summed E-state index contributed by atoms with van der Waals surface area (Å²) in [6, 6.07) is 2.08. The topological polar surface area (TPSA) is 114 Å². The van der Waals surface area contributed by atoms with E-state index in [1.165, 1.54) is 0 Å². The summed E-state index contributed by atoms with van der Waals surface area (Å²) < 4.78 is 16.8. The van der Waals surface area contributed by atoms with Crippen LogP contribution in [0.15, 0.2) is 30.9 Å². The number of carbonyl (C=O) groups excluding carboxylic acids is 1. The third-order valence-corrected chi connectivity index (χ3v) is 6.45. The van der Waals surface area contributed by atoms with Gasteiger partial charge in [0, 0.05) is 25.0 Å². The normalized spacial score (nSPS) is 18.4. The summed E-state index contributed by atoms with van der Waals surface area (Å²) >= 11 is 0. The van der Waals surface area contributed by atoms with E-state index in [-0.39, 0.29) is 17.9 Å². The maximum absolute atomic E-state index is 12.2. The summed E-state index contributed by atoms with van der Waals surface area (Å²) in [6.07, 6.45) is 11.1. The highest BCUT2D eigenvalue weighted by molar-refractivity contribution is 5.99. The summed E-state index contributed by atoms with van der Waals surface area (Å²) in [5, 5.41) is 17.6. The molecule has 1 N–H and O–H groups in total. The highest BCUT2D eigenvalue weighted by atomic mass is 16.5.